The number of nitro benzene ring substituents is 1. The zero-order chi connectivity index (χ0) is 23.6. The van der Waals surface area contributed by atoms with Crippen molar-refractivity contribution in [3.8, 4) is 0 Å². The molecule has 9 nitrogen and oxygen atoms in total. The highest BCUT2D eigenvalue weighted by Gasteiger charge is 2.42. The molecule has 0 bridgehead atoms. The highest BCUT2D eigenvalue weighted by Crippen LogP contribution is 2.46. The Kier molecular flexibility index (Phi) is 7.06. The van der Waals surface area contributed by atoms with Gasteiger partial charge in [-0.2, -0.15) is 18.3 Å². The molecule has 0 saturated heterocycles. The van der Waals surface area contributed by atoms with Crippen molar-refractivity contribution in [3.05, 3.63) is 56.4 Å². The second-order valence-corrected chi connectivity index (χ2v) is 7.82. The number of aryl methyl sites for hydroxylation is 1. The van der Waals surface area contributed by atoms with E-state index in [4.69, 9.17) is 11.6 Å². The van der Waals surface area contributed by atoms with E-state index in [1.807, 2.05) is 0 Å². The summed E-state index contributed by atoms with van der Waals surface area (Å²) in [4.78, 5) is 22.4. The van der Waals surface area contributed by atoms with Crippen molar-refractivity contribution in [1.29, 1.82) is 0 Å². The number of aliphatic hydroxyl groups excluding tert-OH is 2. The van der Waals surface area contributed by atoms with Crippen molar-refractivity contribution in [2.75, 3.05) is 6.61 Å². The molecule has 3 rings (SSSR count). The molecule has 13 heteroatoms. The lowest BCUT2D eigenvalue weighted by molar-refractivity contribution is -0.384. The first-order chi connectivity index (χ1) is 15.0. The van der Waals surface area contributed by atoms with Crippen LogP contribution in [0, 0.1) is 10.1 Å². The van der Waals surface area contributed by atoms with Crippen LogP contribution in [0.3, 0.4) is 0 Å². The first-order valence-corrected chi connectivity index (χ1v) is 10.1. The number of carbonyl (C=O) groups is 1. The summed E-state index contributed by atoms with van der Waals surface area (Å²) in [7, 11) is 0. The van der Waals surface area contributed by atoms with Crippen molar-refractivity contribution in [2.24, 2.45) is 0 Å². The number of amides is 1. The van der Waals surface area contributed by atoms with Gasteiger partial charge in [0.05, 0.1) is 34.8 Å². The number of hydrogen-bond donors (Lipinski definition) is 3. The van der Waals surface area contributed by atoms with Crippen LogP contribution in [0.2, 0.25) is 5.02 Å². The zero-order valence-corrected chi connectivity index (χ0v) is 17.3. The van der Waals surface area contributed by atoms with E-state index >= 15 is 0 Å². The molecule has 2 aromatic rings. The third kappa shape index (κ3) is 5.37. The van der Waals surface area contributed by atoms with Crippen LogP contribution >= 0.6 is 11.6 Å². The number of carbonyl (C=O) groups excluding carboxylic acids is 1. The maximum absolute atomic E-state index is 13.1. The van der Waals surface area contributed by atoms with Gasteiger partial charge in [0.1, 0.15) is 6.10 Å². The SMILES string of the molecule is O=C(CCn1nc(C(F)(F)F)c(Cl)c1C1CC1)NC(CO)C(O)c1ccc([N+](=O)[O-])cc1. The van der Waals surface area contributed by atoms with Crippen LogP contribution in [-0.2, 0) is 17.5 Å². The molecule has 0 radical (unpaired) electrons. The van der Waals surface area contributed by atoms with Gasteiger partial charge in [-0.3, -0.25) is 19.6 Å². The van der Waals surface area contributed by atoms with E-state index in [1.54, 1.807) is 0 Å². The van der Waals surface area contributed by atoms with Crippen LogP contribution in [-0.4, -0.2) is 43.5 Å². The Morgan fingerprint density at radius 2 is 1.97 bits per heavy atom. The van der Waals surface area contributed by atoms with Gasteiger partial charge >= 0.3 is 6.18 Å². The molecular formula is C19H20ClF3N4O5. The maximum atomic E-state index is 13.1. The molecule has 1 saturated carbocycles. The minimum atomic E-state index is -4.72. The lowest BCUT2D eigenvalue weighted by Crippen LogP contribution is -2.42. The summed E-state index contributed by atoms with van der Waals surface area (Å²) in [6.45, 7) is -0.803. The molecule has 32 heavy (non-hydrogen) atoms. The standard InChI is InChI=1S/C19H20ClF3N4O5/c20-15-16(10-1-2-10)26(25-18(15)19(21,22)23)8-7-14(29)24-13(9-28)17(30)11-3-5-12(6-4-11)27(31)32/h3-6,10,13,17,28,30H,1-2,7-9H2,(H,24,29). The first-order valence-electron chi connectivity index (χ1n) is 9.69. The van der Waals surface area contributed by atoms with E-state index in [0.717, 1.165) is 4.68 Å². The number of nitrogens with zero attached hydrogens (tertiary/aromatic N) is 3. The molecule has 2 atom stereocenters. The number of nitrogens with one attached hydrogen (secondary N) is 1. The van der Waals surface area contributed by atoms with E-state index < -0.39 is 46.5 Å². The molecule has 1 aromatic heterocycles. The highest BCUT2D eigenvalue weighted by atomic mass is 35.5. The number of rotatable bonds is 9. The van der Waals surface area contributed by atoms with Crippen molar-refractivity contribution in [3.63, 3.8) is 0 Å². The summed E-state index contributed by atoms with van der Waals surface area (Å²) in [5.41, 5.74) is -0.896. The summed E-state index contributed by atoms with van der Waals surface area (Å²) in [6, 6.07) is 3.81. The molecule has 1 amide bonds. The molecule has 1 heterocycles. The molecule has 174 valence electrons. The Balaban J connectivity index is 1.65. The van der Waals surface area contributed by atoms with E-state index in [2.05, 4.69) is 10.4 Å². The van der Waals surface area contributed by atoms with Gasteiger partial charge in [-0.15, -0.1) is 0 Å². The molecule has 1 fully saturated rings. The number of aromatic nitrogens is 2. The summed E-state index contributed by atoms with van der Waals surface area (Å²) < 4.78 is 40.5. The fourth-order valence-electron chi connectivity index (χ4n) is 3.29. The molecular weight excluding hydrogens is 457 g/mol. The average Bonchev–Trinajstić information content (AvgIpc) is 3.51. The van der Waals surface area contributed by atoms with Gasteiger partial charge in [-0.1, -0.05) is 11.6 Å². The van der Waals surface area contributed by atoms with Gasteiger partial charge in [0.25, 0.3) is 5.69 Å². The van der Waals surface area contributed by atoms with E-state index in [9.17, 15) is 38.3 Å². The topological polar surface area (TPSA) is 131 Å². The van der Waals surface area contributed by atoms with Crippen LogP contribution in [0.4, 0.5) is 18.9 Å². The van der Waals surface area contributed by atoms with E-state index in [-0.39, 0.29) is 35.8 Å². The minimum absolute atomic E-state index is 0.136. The van der Waals surface area contributed by atoms with Gasteiger partial charge in [-0.05, 0) is 30.5 Å². The van der Waals surface area contributed by atoms with Gasteiger partial charge in [-0.25, -0.2) is 0 Å². The fourth-order valence-corrected chi connectivity index (χ4v) is 3.68. The monoisotopic (exact) mass is 476 g/mol. The molecule has 0 aliphatic heterocycles. The van der Waals surface area contributed by atoms with Crippen LogP contribution in [0.1, 0.15) is 48.2 Å². The molecule has 1 aromatic carbocycles. The van der Waals surface area contributed by atoms with Crippen molar-refractivity contribution in [1.82, 2.24) is 15.1 Å². The minimum Gasteiger partial charge on any atom is -0.394 e. The van der Waals surface area contributed by atoms with E-state index in [0.29, 0.717) is 12.8 Å². The Bertz CT molecular complexity index is 992. The third-order valence-electron chi connectivity index (χ3n) is 5.08. The van der Waals surface area contributed by atoms with Gasteiger partial charge < -0.3 is 15.5 Å². The summed E-state index contributed by atoms with van der Waals surface area (Å²) >= 11 is 5.90. The Hall–Kier alpha value is -2.70. The summed E-state index contributed by atoms with van der Waals surface area (Å²) in [5.74, 6) is -0.768. The van der Waals surface area contributed by atoms with Crippen LogP contribution < -0.4 is 5.32 Å². The molecule has 2 unspecified atom stereocenters. The van der Waals surface area contributed by atoms with Crippen molar-refractivity contribution >= 4 is 23.2 Å². The van der Waals surface area contributed by atoms with Gasteiger partial charge in [0.2, 0.25) is 5.91 Å². The Labute approximate surface area is 184 Å². The van der Waals surface area contributed by atoms with Gasteiger partial charge in [0, 0.05) is 24.5 Å². The quantitative estimate of drug-likeness (QED) is 0.377. The van der Waals surface area contributed by atoms with Gasteiger partial charge in [0.15, 0.2) is 5.69 Å². The number of hydrogen-bond acceptors (Lipinski definition) is 6. The molecule has 0 spiro atoms. The van der Waals surface area contributed by atoms with Crippen LogP contribution in [0.25, 0.3) is 0 Å². The highest BCUT2D eigenvalue weighted by molar-refractivity contribution is 6.32. The first kappa shape index (κ1) is 24.0. The average molecular weight is 477 g/mol. The second-order valence-electron chi connectivity index (χ2n) is 7.44. The largest absolute Gasteiger partial charge is 0.436 e. The lowest BCUT2D eigenvalue weighted by atomic mass is 10.0. The molecule has 1 aliphatic rings. The number of halogens is 4. The number of benzene rings is 1. The maximum Gasteiger partial charge on any atom is 0.436 e. The zero-order valence-electron chi connectivity index (χ0n) is 16.5. The second kappa shape index (κ2) is 9.43. The van der Waals surface area contributed by atoms with Crippen molar-refractivity contribution in [2.45, 2.75) is 50.0 Å². The molecule has 1 aliphatic carbocycles. The molecule has 3 N–H and O–H groups in total. The predicted molar refractivity (Wildman–Crippen MR) is 106 cm³/mol. The fraction of sp³-hybridized carbons (Fsp3) is 0.474. The van der Waals surface area contributed by atoms with Crippen LogP contribution in [0.15, 0.2) is 24.3 Å². The number of non-ortho nitro benzene ring substituents is 1. The number of nitro groups is 1. The van der Waals surface area contributed by atoms with E-state index in [1.165, 1.54) is 24.3 Å². The summed E-state index contributed by atoms with van der Waals surface area (Å²) in [6.07, 6.45) is -4.97. The lowest BCUT2D eigenvalue weighted by Gasteiger charge is -2.22. The smallest absolute Gasteiger partial charge is 0.394 e. The number of alkyl halides is 3. The number of aliphatic hydroxyl groups is 2. The predicted octanol–water partition coefficient (Wildman–Crippen LogP) is 2.94. The van der Waals surface area contributed by atoms with Crippen LogP contribution in [0.5, 0.6) is 0 Å². The Morgan fingerprint density at radius 1 is 1.34 bits per heavy atom. The third-order valence-corrected chi connectivity index (χ3v) is 5.46. The summed E-state index contributed by atoms with van der Waals surface area (Å²) in [5, 5.41) is 36.2. The Morgan fingerprint density at radius 3 is 2.47 bits per heavy atom. The normalized spacial score (nSPS) is 15.9. The van der Waals surface area contributed by atoms with Crippen molar-refractivity contribution < 1.29 is 33.1 Å².